The lowest BCUT2D eigenvalue weighted by atomic mass is 10.0. The highest BCUT2D eigenvalue weighted by molar-refractivity contribution is 6.11. The van der Waals surface area contributed by atoms with Crippen molar-refractivity contribution >= 4 is 35.2 Å². The van der Waals surface area contributed by atoms with E-state index in [0.717, 1.165) is 0 Å². The van der Waals surface area contributed by atoms with Crippen LogP contribution in [0.25, 0.3) is 5.57 Å². The Kier molecular flexibility index (Phi) is 7.23. The Morgan fingerprint density at radius 3 is 2.57 bits per heavy atom. The Morgan fingerprint density at radius 1 is 1.37 bits per heavy atom. The smallest absolute Gasteiger partial charge is 0.414 e. The summed E-state index contributed by atoms with van der Waals surface area (Å²) >= 11 is 0. The van der Waals surface area contributed by atoms with Crippen molar-refractivity contribution in [2.75, 3.05) is 22.9 Å². The molecule has 1 aliphatic heterocycles. The molecule has 1 aromatic carbocycles. The number of hydrogen-bond acceptors (Lipinski definition) is 5. The van der Waals surface area contributed by atoms with Gasteiger partial charge in [-0.1, -0.05) is 6.07 Å². The third kappa shape index (κ3) is 5.58. The lowest BCUT2D eigenvalue weighted by molar-refractivity contribution is -0.117. The summed E-state index contributed by atoms with van der Waals surface area (Å²) in [5, 5.41) is 0. The summed E-state index contributed by atoms with van der Waals surface area (Å²) in [6.45, 7) is 10.1. The number of anilines is 2. The number of halogens is 1. The van der Waals surface area contributed by atoms with Crippen LogP contribution in [-0.2, 0) is 9.53 Å². The predicted molar refractivity (Wildman–Crippen MR) is 119 cm³/mol. The molecule has 30 heavy (non-hydrogen) atoms. The number of rotatable bonds is 5. The minimum atomic E-state index is -1.43. The molecule has 0 spiro atoms. The maximum atomic E-state index is 13.7. The van der Waals surface area contributed by atoms with Gasteiger partial charge in [-0.25, -0.2) is 9.18 Å². The molecule has 0 radical (unpaired) electrons. The van der Waals surface area contributed by atoms with Gasteiger partial charge in [0.05, 0.1) is 30.1 Å². The summed E-state index contributed by atoms with van der Waals surface area (Å²) in [7, 11) is 0. The van der Waals surface area contributed by atoms with Crippen LogP contribution in [0.3, 0.4) is 0 Å². The first kappa shape index (κ1) is 23.4. The molecule has 2 amide bonds. The fourth-order valence-corrected chi connectivity index (χ4v) is 3.30. The second-order valence-electron chi connectivity index (χ2n) is 8.30. The zero-order valence-corrected chi connectivity index (χ0v) is 18.5. The van der Waals surface area contributed by atoms with Crippen molar-refractivity contribution in [2.24, 2.45) is 10.7 Å². The monoisotopic (exact) mass is 418 g/mol. The first-order valence-electron chi connectivity index (χ1n) is 9.97. The van der Waals surface area contributed by atoms with Crippen molar-refractivity contribution in [3.8, 4) is 0 Å². The fraction of sp³-hybridized carbons (Fsp3) is 0.500. The number of hydrogen-bond donors (Lipinski definition) is 1. The van der Waals surface area contributed by atoms with E-state index in [9.17, 15) is 14.0 Å². The fourth-order valence-electron chi connectivity index (χ4n) is 3.30. The molecule has 0 saturated carbocycles. The first-order chi connectivity index (χ1) is 13.9. The highest BCUT2D eigenvalue weighted by Gasteiger charge is 2.34. The highest BCUT2D eigenvalue weighted by Crippen LogP contribution is 2.38. The number of allylic oxidation sites excluding steroid dienone is 1. The summed E-state index contributed by atoms with van der Waals surface area (Å²) in [5.74, 6) is -0.116. The van der Waals surface area contributed by atoms with Crippen LogP contribution in [-0.4, -0.2) is 49.1 Å². The molecular weight excluding hydrogens is 387 g/mol. The van der Waals surface area contributed by atoms with Crippen LogP contribution in [0, 0.1) is 0 Å². The molecule has 164 valence electrons. The number of fused-ring (bicyclic) bond motifs is 1. The predicted octanol–water partition coefficient (Wildman–Crippen LogP) is 3.91. The number of amides is 2. The van der Waals surface area contributed by atoms with E-state index in [4.69, 9.17) is 10.5 Å². The quantitative estimate of drug-likeness (QED) is 0.734. The average Bonchev–Trinajstić information content (AvgIpc) is 2.62. The maximum absolute atomic E-state index is 13.7. The van der Waals surface area contributed by atoms with Crippen LogP contribution in [0.5, 0.6) is 0 Å². The van der Waals surface area contributed by atoms with Gasteiger partial charge in [-0.05, 0) is 52.3 Å². The minimum Gasteiger partial charge on any atom is -0.446 e. The molecule has 1 heterocycles. The zero-order valence-electron chi connectivity index (χ0n) is 18.5. The number of nitrogens with two attached hydrogens (primary N) is 1. The van der Waals surface area contributed by atoms with E-state index < -0.39 is 11.8 Å². The van der Waals surface area contributed by atoms with Crippen LogP contribution in [0.15, 0.2) is 29.4 Å². The van der Waals surface area contributed by atoms with Gasteiger partial charge >= 0.3 is 6.09 Å². The van der Waals surface area contributed by atoms with Gasteiger partial charge in [0.1, 0.15) is 5.67 Å². The number of ether oxygens (including phenoxy) is 1. The van der Waals surface area contributed by atoms with E-state index >= 15 is 0 Å². The SMILES string of the molecule is CC(=O)N1c2ccc(/C(C=NCC(C)(C)F)=C/N)cc2N(C(=O)OC(C)C)C[C@@H]1C. The largest absolute Gasteiger partial charge is 0.446 e. The number of carbonyl (C=O) groups is 2. The first-order valence-corrected chi connectivity index (χ1v) is 9.97. The van der Waals surface area contributed by atoms with Crippen LogP contribution in [0.4, 0.5) is 20.6 Å². The van der Waals surface area contributed by atoms with Crippen molar-refractivity contribution in [2.45, 2.75) is 59.4 Å². The van der Waals surface area contributed by atoms with Crippen LogP contribution >= 0.6 is 0 Å². The van der Waals surface area contributed by atoms with Gasteiger partial charge in [0, 0.05) is 31.5 Å². The molecule has 0 aliphatic carbocycles. The molecule has 7 nitrogen and oxygen atoms in total. The summed E-state index contributed by atoms with van der Waals surface area (Å²) in [6, 6.07) is 5.13. The van der Waals surface area contributed by atoms with Crippen molar-refractivity contribution < 1.29 is 18.7 Å². The van der Waals surface area contributed by atoms with E-state index in [1.165, 1.54) is 38.1 Å². The van der Waals surface area contributed by atoms with E-state index in [2.05, 4.69) is 4.99 Å². The summed E-state index contributed by atoms with van der Waals surface area (Å²) in [4.78, 5) is 32.3. The van der Waals surface area contributed by atoms with Gasteiger partial charge in [-0.2, -0.15) is 0 Å². The zero-order chi connectivity index (χ0) is 22.6. The van der Waals surface area contributed by atoms with Gasteiger partial charge in [0.25, 0.3) is 0 Å². The van der Waals surface area contributed by atoms with E-state index in [1.807, 2.05) is 6.92 Å². The highest BCUT2D eigenvalue weighted by atomic mass is 19.1. The van der Waals surface area contributed by atoms with Crippen molar-refractivity contribution in [1.82, 2.24) is 0 Å². The second-order valence-corrected chi connectivity index (χ2v) is 8.30. The van der Waals surface area contributed by atoms with Crippen LogP contribution in [0.1, 0.15) is 47.1 Å². The molecule has 2 N–H and O–H groups in total. The molecule has 8 heteroatoms. The second kappa shape index (κ2) is 9.28. The summed E-state index contributed by atoms with van der Waals surface area (Å²) in [5.41, 5.74) is 6.77. The third-order valence-electron chi connectivity index (χ3n) is 4.52. The number of aliphatic imine (C=N–C) groups is 1. The molecule has 1 atom stereocenters. The molecule has 0 fully saturated rings. The Balaban J connectivity index is 2.49. The number of nitrogens with zero attached hydrogens (tertiary/aromatic N) is 3. The lowest BCUT2D eigenvalue weighted by Gasteiger charge is -2.40. The van der Waals surface area contributed by atoms with Gasteiger partial charge in [0.2, 0.25) is 5.91 Å². The number of benzene rings is 1. The molecule has 1 aliphatic rings. The van der Waals surface area contributed by atoms with Crippen molar-refractivity contribution in [3.05, 3.63) is 30.0 Å². The minimum absolute atomic E-state index is 0.00223. The molecule has 0 unspecified atom stereocenters. The summed E-state index contributed by atoms with van der Waals surface area (Å²) in [6.07, 6.45) is 2.13. The van der Waals surface area contributed by atoms with Gasteiger partial charge in [-0.3, -0.25) is 14.7 Å². The van der Waals surface area contributed by atoms with Gasteiger partial charge in [-0.15, -0.1) is 0 Å². The van der Waals surface area contributed by atoms with Crippen LogP contribution in [0.2, 0.25) is 0 Å². The normalized spacial score (nSPS) is 17.5. The topological polar surface area (TPSA) is 88.2 Å². The van der Waals surface area contributed by atoms with Gasteiger partial charge in [0.15, 0.2) is 0 Å². The molecular formula is C22H31FN4O3. The van der Waals surface area contributed by atoms with E-state index in [-0.39, 0.29) is 24.6 Å². The maximum Gasteiger partial charge on any atom is 0.414 e. The van der Waals surface area contributed by atoms with E-state index in [1.54, 1.807) is 36.9 Å². The Labute approximate surface area is 177 Å². The van der Waals surface area contributed by atoms with Crippen molar-refractivity contribution in [3.63, 3.8) is 0 Å². The molecule has 0 saturated heterocycles. The van der Waals surface area contributed by atoms with E-state index in [0.29, 0.717) is 29.1 Å². The Bertz CT molecular complexity index is 858. The molecule has 1 aromatic rings. The van der Waals surface area contributed by atoms with Crippen molar-refractivity contribution in [1.29, 1.82) is 0 Å². The Morgan fingerprint density at radius 2 is 2.03 bits per heavy atom. The van der Waals surface area contributed by atoms with Crippen LogP contribution < -0.4 is 15.5 Å². The van der Waals surface area contributed by atoms with Gasteiger partial charge < -0.3 is 15.4 Å². The summed E-state index contributed by atoms with van der Waals surface area (Å²) < 4.78 is 19.1. The standard InChI is InChI=1S/C22H31FN4O3/c1-14(2)30-21(29)26-12-15(3)27(16(4)28)19-8-7-17(9-20(19)26)18(10-24)11-25-13-22(5,6)23/h7-11,14-15H,12-13,24H2,1-6H3/b18-10+,25-11?/t15-/m0/s1. The molecule has 0 aromatic heterocycles. The Hall–Kier alpha value is -2.90. The third-order valence-corrected chi connectivity index (χ3v) is 4.52. The molecule has 2 rings (SSSR count). The lowest BCUT2D eigenvalue weighted by Crippen LogP contribution is -2.51. The average molecular weight is 419 g/mol. The number of alkyl halides is 1. The number of carbonyl (C=O) groups excluding carboxylic acids is 2. The molecule has 0 bridgehead atoms.